The highest BCUT2D eigenvalue weighted by atomic mass is 16.4. The van der Waals surface area contributed by atoms with Gasteiger partial charge >= 0.3 is 5.97 Å². The van der Waals surface area contributed by atoms with Crippen molar-refractivity contribution in [3.8, 4) is 0 Å². The summed E-state index contributed by atoms with van der Waals surface area (Å²) in [6, 6.07) is 0.321. The van der Waals surface area contributed by atoms with Gasteiger partial charge in [-0.1, -0.05) is 0 Å². The SMILES string of the molecule is CCN(C)C(=O)CN(C)C(=O)CN(C)C(C)C.CCN(C)C(=O)CN(C)C=O.CCN(C)C(=O)CN(C)C=O.CCN(C)C(=O)CN(C)C=O.CN(C=O)CC(=O)O. The molecule has 9 amide bonds. The third-order valence-electron chi connectivity index (χ3n) is 7.92. The second-order valence-electron chi connectivity index (χ2n) is 13.4. The number of hydrogen-bond acceptors (Lipinski definition) is 11. The Labute approximate surface area is 346 Å². The molecule has 0 aromatic rings. The normalized spacial score (nSPS) is 9.41. The number of carboxylic acids is 1. The van der Waals surface area contributed by atoms with Crippen molar-refractivity contribution in [3.05, 3.63) is 0 Å². The molecule has 58 heavy (non-hydrogen) atoms. The lowest BCUT2D eigenvalue weighted by atomic mass is 10.3. The average molecular weight is 835 g/mol. The number of amides is 9. The number of carboxylic acid groups (broad SMARTS) is 1. The summed E-state index contributed by atoms with van der Waals surface area (Å²) < 4.78 is 0. The van der Waals surface area contributed by atoms with Crippen molar-refractivity contribution >= 4 is 61.1 Å². The highest BCUT2D eigenvalue weighted by molar-refractivity contribution is 5.85. The summed E-state index contributed by atoms with van der Waals surface area (Å²) in [5, 5.41) is 8.01. The van der Waals surface area contributed by atoms with Crippen molar-refractivity contribution in [2.45, 2.75) is 47.6 Å². The van der Waals surface area contributed by atoms with Crippen LogP contribution in [0.2, 0.25) is 0 Å². The molecule has 0 spiro atoms. The predicted octanol–water partition coefficient (Wildman–Crippen LogP) is -1.92. The molecule has 0 bridgehead atoms. The predicted molar refractivity (Wildman–Crippen MR) is 221 cm³/mol. The van der Waals surface area contributed by atoms with Crippen LogP contribution in [0.4, 0.5) is 0 Å². The molecule has 0 aromatic heterocycles. The minimum Gasteiger partial charge on any atom is -0.480 e. The minimum absolute atomic E-state index is 0.0287. The zero-order valence-electron chi connectivity index (χ0n) is 38.0. The highest BCUT2D eigenvalue weighted by Gasteiger charge is 2.17. The van der Waals surface area contributed by atoms with Crippen LogP contribution >= 0.6 is 0 Å². The Balaban J connectivity index is -0.000000206. The molecule has 0 aromatic carbocycles. The van der Waals surface area contributed by atoms with Gasteiger partial charge in [0.2, 0.25) is 55.2 Å². The van der Waals surface area contributed by atoms with Crippen LogP contribution in [0.1, 0.15) is 41.5 Å². The Morgan fingerprint density at radius 1 is 0.397 bits per heavy atom. The molecule has 338 valence electrons. The molecule has 0 heterocycles. The van der Waals surface area contributed by atoms with E-state index in [1.54, 1.807) is 76.0 Å². The summed E-state index contributed by atoms with van der Waals surface area (Å²) in [6.45, 7) is 15.1. The molecule has 21 nitrogen and oxygen atoms in total. The standard InChI is InChI=1S/C12H25N3O2.3C7H14N2O2.C4H7NO3/c1-7-13(4)11(16)9-15(6)12(17)8-14(5)10(2)3;3*1-4-9(3)7(11)5-8(2)6-10;1-5(3-6)2-4(7)8/h10H,7-9H2,1-6H3;3*6H,4-5H2,1-3H3;3H,2H2,1H3,(H,7,8). The lowest BCUT2D eigenvalue weighted by Gasteiger charge is -2.25. The minimum atomic E-state index is -1.00. The molecule has 0 fully saturated rings. The number of carbonyl (C=O) groups excluding carboxylic acids is 9. The zero-order valence-corrected chi connectivity index (χ0v) is 38.0. The van der Waals surface area contributed by atoms with Gasteiger partial charge in [-0.3, -0.25) is 52.8 Å². The first-order valence-electron chi connectivity index (χ1n) is 18.5. The van der Waals surface area contributed by atoms with E-state index in [9.17, 15) is 47.9 Å². The van der Waals surface area contributed by atoms with Crippen LogP contribution in [0.15, 0.2) is 0 Å². The molecular formula is C37H74N10O11. The van der Waals surface area contributed by atoms with Crippen molar-refractivity contribution in [1.82, 2.24) is 49.0 Å². The summed E-state index contributed by atoms with van der Waals surface area (Å²) >= 11 is 0. The van der Waals surface area contributed by atoms with Crippen LogP contribution in [-0.4, -0.2) is 257 Å². The number of aliphatic carboxylic acids is 1. The molecule has 0 saturated carbocycles. The Morgan fingerprint density at radius 3 is 0.810 bits per heavy atom. The van der Waals surface area contributed by atoms with Crippen molar-refractivity contribution in [1.29, 1.82) is 0 Å². The van der Waals surface area contributed by atoms with Gasteiger partial charge in [0.15, 0.2) is 0 Å². The molecule has 0 saturated heterocycles. The number of nitrogens with zero attached hydrogens (tertiary/aromatic N) is 10. The topological polar surface area (TPSA) is 223 Å². The van der Waals surface area contributed by atoms with Crippen LogP contribution in [0, 0.1) is 0 Å². The van der Waals surface area contributed by atoms with Gasteiger partial charge in [-0.2, -0.15) is 0 Å². The lowest BCUT2D eigenvalue weighted by molar-refractivity contribution is -0.140. The first-order chi connectivity index (χ1) is 26.8. The van der Waals surface area contributed by atoms with Gasteiger partial charge in [-0.25, -0.2) is 0 Å². The van der Waals surface area contributed by atoms with E-state index < -0.39 is 5.97 Å². The fourth-order valence-corrected chi connectivity index (χ4v) is 3.00. The van der Waals surface area contributed by atoms with Crippen molar-refractivity contribution in [3.63, 3.8) is 0 Å². The second kappa shape index (κ2) is 37.2. The number of carbonyl (C=O) groups is 10. The number of likely N-dealkylation sites (N-methyl/N-ethyl adjacent to an activating group) is 10. The van der Waals surface area contributed by atoms with Crippen LogP contribution < -0.4 is 0 Å². The van der Waals surface area contributed by atoms with E-state index in [-0.39, 0.29) is 62.3 Å². The summed E-state index contributed by atoms with van der Waals surface area (Å²) in [7, 11) is 16.6. The maximum atomic E-state index is 11.8. The average Bonchev–Trinajstić information content (AvgIpc) is 3.19. The fraction of sp³-hybridized carbons (Fsp3) is 0.730. The van der Waals surface area contributed by atoms with Crippen molar-refractivity contribution < 1.29 is 53.1 Å². The van der Waals surface area contributed by atoms with E-state index in [1.807, 2.05) is 53.5 Å². The lowest BCUT2D eigenvalue weighted by Crippen LogP contribution is -2.44. The maximum Gasteiger partial charge on any atom is 0.323 e. The van der Waals surface area contributed by atoms with Crippen LogP contribution in [-0.2, 0) is 47.9 Å². The van der Waals surface area contributed by atoms with Gasteiger partial charge in [0.05, 0.1) is 32.7 Å². The molecule has 0 radical (unpaired) electrons. The first-order valence-corrected chi connectivity index (χ1v) is 18.5. The second-order valence-corrected chi connectivity index (χ2v) is 13.4. The largest absolute Gasteiger partial charge is 0.480 e. The van der Waals surface area contributed by atoms with Crippen LogP contribution in [0.5, 0.6) is 0 Å². The molecule has 0 atom stereocenters. The van der Waals surface area contributed by atoms with Gasteiger partial charge in [-0.05, 0) is 48.6 Å². The molecule has 0 aliphatic heterocycles. The van der Waals surface area contributed by atoms with E-state index in [2.05, 4.69) is 0 Å². The number of rotatable bonds is 21. The highest BCUT2D eigenvalue weighted by Crippen LogP contribution is 1.97. The quantitative estimate of drug-likeness (QED) is 0.125. The first kappa shape index (κ1) is 61.9. The fourth-order valence-electron chi connectivity index (χ4n) is 3.00. The molecular weight excluding hydrogens is 760 g/mol. The van der Waals surface area contributed by atoms with Crippen LogP contribution in [0.25, 0.3) is 0 Å². The Morgan fingerprint density at radius 2 is 0.621 bits per heavy atom. The molecule has 0 unspecified atom stereocenters. The van der Waals surface area contributed by atoms with Gasteiger partial charge < -0.3 is 49.2 Å². The summed E-state index contributed by atoms with van der Waals surface area (Å²) in [4.78, 5) is 121. The van der Waals surface area contributed by atoms with Gasteiger partial charge in [-0.15, -0.1) is 0 Å². The smallest absolute Gasteiger partial charge is 0.323 e. The molecule has 21 heteroatoms. The van der Waals surface area contributed by atoms with Gasteiger partial charge in [0.1, 0.15) is 6.54 Å². The summed E-state index contributed by atoms with van der Waals surface area (Å²) in [5.41, 5.74) is 0. The maximum absolute atomic E-state index is 11.8. The summed E-state index contributed by atoms with van der Waals surface area (Å²) in [5.74, 6) is -1.18. The van der Waals surface area contributed by atoms with Gasteiger partial charge in [0.25, 0.3) is 0 Å². The molecule has 1 N–H and O–H groups in total. The van der Waals surface area contributed by atoms with E-state index >= 15 is 0 Å². The van der Waals surface area contributed by atoms with Crippen molar-refractivity contribution in [2.75, 3.05) is 136 Å². The molecule has 0 aliphatic rings. The Kier molecular flexibility index (Phi) is 39.7. The van der Waals surface area contributed by atoms with E-state index in [0.717, 1.165) is 4.90 Å². The third kappa shape index (κ3) is 36.3. The monoisotopic (exact) mass is 835 g/mol. The zero-order chi connectivity index (χ0) is 46.7. The molecule has 0 rings (SSSR count). The number of hydrogen-bond donors (Lipinski definition) is 1. The molecule has 0 aliphatic carbocycles. The van der Waals surface area contributed by atoms with E-state index in [4.69, 9.17) is 5.11 Å². The van der Waals surface area contributed by atoms with E-state index in [0.29, 0.717) is 64.4 Å². The van der Waals surface area contributed by atoms with Crippen molar-refractivity contribution in [2.24, 2.45) is 0 Å². The van der Waals surface area contributed by atoms with Gasteiger partial charge in [0, 0.05) is 95.6 Å². The van der Waals surface area contributed by atoms with E-state index in [1.165, 1.54) is 26.6 Å². The Hall–Kier alpha value is -5.34. The van der Waals surface area contributed by atoms with Crippen LogP contribution in [0.3, 0.4) is 0 Å². The third-order valence-corrected chi connectivity index (χ3v) is 7.92. The summed E-state index contributed by atoms with van der Waals surface area (Å²) in [6.07, 6.45) is 2.39. The Bertz CT molecular complexity index is 1150.